The highest BCUT2D eigenvalue weighted by molar-refractivity contribution is 6.17. The van der Waals surface area contributed by atoms with Crippen LogP contribution in [0.3, 0.4) is 0 Å². The number of amides is 1. The minimum absolute atomic E-state index is 0.0296. The van der Waals surface area contributed by atoms with Crippen molar-refractivity contribution in [1.82, 2.24) is 9.47 Å². The Bertz CT molecular complexity index is 1710. The van der Waals surface area contributed by atoms with Crippen LogP contribution in [-0.4, -0.2) is 59.1 Å². The quantitative estimate of drug-likeness (QED) is 0.0809. The average molecular weight is 601 g/mol. The van der Waals surface area contributed by atoms with E-state index in [4.69, 9.17) is 14.3 Å². The molecule has 2 unspecified atom stereocenters. The predicted molar refractivity (Wildman–Crippen MR) is 172 cm³/mol. The number of piperidine rings is 1. The van der Waals surface area contributed by atoms with Crippen molar-refractivity contribution in [2.45, 2.75) is 59.6 Å². The molecule has 1 aliphatic rings. The maximum absolute atomic E-state index is 13.2. The van der Waals surface area contributed by atoms with E-state index >= 15 is 0 Å². The summed E-state index contributed by atoms with van der Waals surface area (Å²) in [6.07, 6.45) is 2.47. The largest absolute Gasteiger partial charge is 0.488 e. The van der Waals surface area contributed by atoms with Gasteiger partial charge in [-0.25, -0.2) is 4.79 Å². The normalized spacial score (nSPS) is 16.3. The standard InChI is InChI=1S/C34H40N4O6/c1-6-24-9-8-16-36(20-24)34(39)44-35-33(28-13-12-27(17-22(28)3)43-23(4)21-42-5)25-10-14-31-29(18-25)30-19-26(38(40)41)11-15-32(30)37(31)7-2/h10-15,17-19,23-24H,6-9,16,20-21H2,1-5H3/b35-33-. The molecular weight excluding hydrogens is 560 g/mol. The number of rotatable bonds is 10. The molecule has 4 aromatic rings. The van der Waals surface area contributed by atoms with Gasteiger partial charge in [0.05, 0.1) is 11.5 Å². The topological polar surface area (TPSA) is 108 Å². The van der Waals surface area contributed by atoms with Gasteiger partial charge in [0, 0.05) is 71.8 Å². The number of nitrogens with zero attached hydrogens (tertiary/aromatic N) is 4. The number of ether oxygens (including phenoxy) is 2. The summed E-state index contributed by atoms with van der Waals surface area (Å²) in [5.41, 5.74) is 4.77. The molecule has 2 atom stereocenters. The zero-order chi connectivity index (χ0) is 31.4. The summed E-state index contributed by atoms with van der Waals surface area (Å²) in [5.74, 6) is 1.15. The summed E-state index contributed by atoms with van der Waals surface area (Å²) in [4.78, 5) is 31.8. The van der Waals surface area contributed by atoms with Gasteiger partial charge >= 0.3 is 6.09 Å². The Morgan fingerprint density at radius 1 is 1.09 bits per heavy atom. The molecule has 1 aromatic heterocycles. The maximum Gasteiger partial charge on any atom is 0.436 e. The highest BCUT2D eigenvalue weighted by atomic mass is 16.7. The monoisotopic (exact) mass is 600 g/mol. The van der Waals surface area contributed by atoms with Crippen LogP contribution in [0.15, 0.2) is 59.8 Å². The van der Waals surface area contributed by atoms with E-state index in [2.05, 4.69) is 16.6 Å². The molecule has 5 rings (SSSR count). The van der Waals surface area contributed by atoms with Gasteiger partial charge in [0.1, 0.15) is 17.6 Å². The zero-order valence-corrected chi connectivity index (χ0v) is 26.0. The van der Waals surface area contributed by atoms with Crippen molar-refractivity contribution in [3.05, 3.63) is 81.4 Å². The summed E-state index contributed by atoms with van der Waals surface area (Å²) < 4.78 is 13.3. The minimum atomic E-state index is -0.467. The number of hydrogen-bond donors (Lipinski definition) is 0. The molecule has 3 aromatic carbocycles. The highest BCUT2D eigenvalue weighted by Gasteiger charge is 2.25. The molecule has 1 saturated heterocycles. The number of methoxy groups -OCH3 is 1. The maximum atomic E-state index is 13.2. The number of nitro groups is 1. The molecule has 1 aliphatic heterocycles. The number of likely N-dealkylation sites (tertiary alicyclic amines) is 1. The van der Waals surface area contributed by atoms with Gasteiger partial charge in [0.2, 0.25) is 0 Å². The van der Waals surface area contributed by atoms with Crippen LogP contribution in [0.4, 0.5) is 10.5 Å². The van der Waals surface area contributed by atoms with Gasteiger partial charge in [0.15, 0.2) is 0 Å². The SMILES string of the molecule is CCC1CCCN(C(=O)O/N=C(/c2ccc3c(c2)c2cc([N+](=O)[O-])ccc2n3CC)c2ccc(OC(C)COC)cc2C)C1. The lowest BCUT2D eigenvalue weighted by atomic mass is 9.96. The summed E-state index contributed by atoms with van der Waals surface area (Å²) in [6.45, 7) is 10.6. The van der Waals surface area contributed by atoms with E-state index < -0.39 is 6.09 Å². The average Bonchev–Trinajstić information content (AvgIpc) is 3.34. The molecule has 10 nitrogen and oxygen atoms in total. The smallest absolute Gasteiger partial charge is 0.436 e. The third-order valence-corrected chi connectivity index (χ3v) is 8.41. The molecule has 0 aliphatic carbocycles. The molecule has 1 fully saturated rings. The number of nitro benzene ring substituents is 1. The van der Waals surface area contributed by atoms with Crippen LogP contribution < -0.4 is 4.74 Å². The molecule has 0 spiro atoms. The van der Waals surface area contributed by atoms with Crippen LogP contribution in [0.1, 0.15) is 56.7 Å². The third-order valence-electron chi connectivity index (χ3n) is 8.41. The number of hydrogen-bond acceptors (Lipinski definition) is 7. The second-order valence-corrected chi connectivity index (χ2v) is 11.5. The van der Waals surface area contributed by atoms with Crippen molar-refractivity contribution in [3.8, 4) is 5.75 Å². The van der Waals surface area contributed by atoms with Crippen LogP contribution in [0, 0.1) is 23.0 Å². The van der Waals surface area contributed by atoms with Gasteiger partial charge in [-0.3, -0.25) is 15.0 Å². The zero-order valence-electron chi connectivity index (χ0n) is 26.0. The highest BCUT2D eigenvalue weighted by Crippen LogP contribution is 2.33. The Morgan fingerprint density at radius 3 is 2.52 bits per heavy atom. The first kappa shape index (κ1) is 31.0. The van der Waals surface area contributed by atoms with Crippen molar-refractivity contribution >= 4 is 39.3 Å². The van der Waals surface area contributed by atoms with E-state index in [0.29, 0.717) is 43.6 Å². The van der Waals surface area contributed by atoms with E-state index in [0.717, 1.165) is 57.8 Å². The van der Waals surface area contributed by atoms with Crippen molar-refractivity contribution in [3.63, 3.8) is 0 Å². The number of fused-ring (bicyclic) bond motifs is 3. The number of oxime groups is 1. The fourth-order valence-electron chi connectivity index (χ4n) is 6.13. The molecule has 0 radical (unpaired) electrons. The summed E-state index contributed by atoms with van der Waals surface area (Å²) >= 11 is 0. The Balaban J connectivity index is 1.59. The molecule has 0 bridgehead atoms. The van der Waals surface area contributed by atoms with Crippen LogP contribution >= 0.6 is 0 Å². The number of carbonyl (C=O) groups is 1. The van der Waals surface area contributed by atoms with E-state index in [1.165, 1.54) is 6.07 Å². The summed E-state index contributed by atoms with van der Waals surface area (Å²) in [7, 11) is 1.64. The lowest BCUT2D eigenvalue weighted by Crippen LogP contribution is -2.39. The van der Waals surface area contributed by atoms with Gasteiger partial charge in [-0.1, -0.05) is 24.6 Å². The molecule has 0 N–H and O–H groups in total. The van der Waals surface area contributed by atoms with Crippen LogP contribution in [0.25, 0.3) is 21.8 Å². The van der Waals surface area contributed by atoms with E-state index in [9.17, 15) is 14.9 Å². The van der Waals surface area contributed by atoms with Gasteiger partial charge in [-0.05, 0) is 81.5 Å². The molecule has 1 amide bonds. The number of aromatic nitrogens is 1. The third kappa shape index (κ3) is 6.40. The van der Waals surface area contributed by atoms with Crippen LogP contribution in [0.2, 0.25) is 0 Å². The fourth-order valence-corrected chi connectivity index (χ4v) is 6.13. The molecule has 10 heteroatoms. The molecule has 44 heavy (non-hydrogen) atoms. The van der Waals surface area contributed by atoms with Gasteiger partial charge in [0.25, 0.3) is 5.69 Å². The number of aryl methyl sites for hydroxylation is 2. The summed E-state index contributed by atoms with van der Waals surface area (Å²) in [5, 5.41) is 17.7. The first-order valence-electron chi connectivity index (χ1n) is 15.2. The van der Waals surface area contributed by atoms with Crippen molar-refractivity contribution in [2.75, 3.05) is 26.8 Å². The number of benzene rings is 3. The Hall–Kier alpha value is -4.44. The Labute approximate surface area is 257 Å². The summed E-state index contributed by atoms with van der Waals surface area (Å²) in [6, 6.07) is 16.6. The Morgan fingerprint density at radius 2 is 1.84 bits per heavy atom. The van der Waals surface area contributed by atoms with E-state index in [-0.39, 0.29) is 16.7 Å². The first-order chi connectivity index (χ1) is 21.2. The second kappa shape index (κ2) is 13.5. The lowest BCUT2D eigenvalue weighted by Gasteiger charge is -2.30. The molecule has 0 saturated carbocycles. The molecular formula is C34H40N4O6. The van der Waals surface area contributed by atoms with Crippen LogP contribution in [-0.2, 0) is 16.1 Å². The minimum Gasteiger partial charge on any atom is -0.488 e. The predicted octanol–water partition coefficient (Wildman–Crippen LogP) is 7.46. The molecule has 232 valence electrons. The number of carbonyl (C=O) groups excluding carboxylic acids is 1. The second-order valence-electron chi connectivity index (χ2n) is 11.5. The van der Waals surface area contributed by atoms with E-state index in [1.54, 1.807) is 24.1 Å². The first-order valence-corrected chi connectivity index (χ1v) is 15.2. The van der Waals surface area contributed by atoms with Gasteiger partial charge in [-0.2, -0.15) is 0 Å². The van der Waals surface area contributed by atoms with Crippen molar-refractivity contribution < 1.29 is 24.0 Å². The van der Waals surface area contributed by atoms with Gasteiger partial charge in [-0.15, -0.1) is 0 Å². The lowest BCUT2D eigenvalue weighted by molar-refractivity contribution is -0.384. The number of non-ortho nitro benzene ring substituents is 1. The van der Waals surface area contributed by atoms with E-state index in [1.807, 2.05) is 57.2 Å². The Kier molecular flexibility index (Phi) is 9.49. The van der Waals surface area contributed by atoms with Crippen molar-refractivity contribution in [1.29, 1.82) is 0 Å². The molecule has 2 heterocycles. The van der Waals surface area contributed by atoms with Crippen molar-refractivity contribution in [2.24, 2.45) is 11.1 Å². The van der Waals surface area contributed by atoms with Gasteiger partial charge < -0.3 is 18.9 Å². The fraction of sp³-hybridized carbons (Fsp3) is 0.412. The van der Waals surface area contributed by atoms with Crippen LogP contribution in [0.5, 0.6) is 5.75 Å².